The second-order valence-corrected chi connectivity index (χ2v) is 10.1. The molecule has 1 N–H and O–H groups in total. The first-order valence-electron chi connectivity index (χ1n) is 9.52. The maximum atomic E-state index is 13.3. The molecule has 0 spiro atoms. The summed E-state index contributed by atoms with van der Waals surface area (Å²) in [4.78, 5) is 13.3. The third-order valence-corrected chi connectivity index (χ3v) is 8.73. The van der Waals surface area contributed by atoms with Crippen molar-refractivity contribution < 1.29 is 14.6 Å². The zero-order valence-corrected chi connectivity index (χ0v) is 15.9. The molecule has 3 saturated carbocycles. The van der Waals surface area contributed by atoms with Gasteiger partial charge in [0.2, 0.25) is 0 Å². The maximum Gasteiger partial charge on any atom is 0.142 e. The first-order chi connectivity index (χ1) is 11.0. The average Bonchev–Trinajstić information content (AvgIpc) is 3.02. The summed E-state index contributed by atoms with van der Waals surface area (Å²) >= 11 is 0. The number of hydrogen-bond acceptors (Lipinski definition) is 3. The van der Waals surface area contributed by atoms with Gasteiger partial charge < -0.3 is 9.84 Å². The van der Waals surface area contributed by atoms with Crippen LogP contribution < -0.4 is 0 Å². The Morgan fingerprint density at radius 1 is 1.21 bits per heavy atom. The molecule has 3 heteroatoms. The van der Waals surface area contributed by atoms with Crippen molar-refractivity contribution in [2.75, 3.05) is 7.11 Å². The standard InChI is InChI=1S/C21H32O3/c1-12-9-14-13(17(12)24-6)11-20(5)16(22)10-15-18(2,3)7-8-19(15,4)21(14,20)23/h7-8,12-15,17,23H,9-11H2,1-6H3/t12-,13+,14+,15+,17+,19-,20-,21-/m1/s1. The molecule has 0 saturated heterocycles. The number of allylic oxidation sites excluding steroid dienone is 1. The number of carbonyl (C=O) groups is 1. The van der Waals surface area contributed by atoms with Crippen LogP contribution in [0.3, 0.4) is 0 Å². The van der Waals surface area contributed by atoms with Crippen LogP contribution in [0.5, 0.6) is 0 Å². The van der Waals surface area contributed by atoms with E-state index in [1.165, 1.54) is 0 Å². The molecular weight excluding hydrogens is 300 g/mol. The number of ketones is 1. The quantitative estimate of drug-likeness (QED) is 0.746. The van der Waals surface area contributed by atoms with E-state index in [4.69, 9.17) is 4.74 Å². The van der Waals surface area contributed by atoms with Gasteiger partial charge in [0.1, 0.15) is 5.78 Å². The van der Waals surface area contributed by atoms with Crippen LogP contribution in [0.2, 0.25) is 0 Å². The Morgan fingerprint density at radius 2 is 1.88 bits per heavy atom. The Balaban J connectivity index is 1.88. The van der Waals surface area contributed by atoms with Gasteiger partial charge in [0.05, 0.1) is 17.1 Å². The summed E-state index contributed by atoms with van der Waals surface area (Å²) in [6.45, 7) is 10.9. The average molecular weight is 332 g/mol. The van der Waals surface area contributed by atoms with Gasteiger partial charge in [0, 0.05) is 18.9 Å². The monoisotopic (exact) mass is 332 g/mol. The molecule has 0 aliphatic heterocycles. The predicted octanol–water partition coefficient (Wildman–Crippen LogP) is 3.61. The van der Waals surface area contributed by atoms with Crippen LogP contribution in [0.15, 0.2) is 12.2 Å². The second kappa shape index (κ2) is 4.54. The van der Waals surface area contributed by atoms with E-state index in [2.05, 4.69) is 39.8 Å². The first-order valence-corrected chi connectivity index (χ1v) is 9.52. The number of ether oxygens (including phenoxy) is 1. The van der Waals surface area contributed by atoms with Crippen LogP contribution in [0.25, 0.3) is 0 Å². The minimum atomic E-state index is -0.962. The number of hydrogen-bond donors (Lipinski definition) is 1. The van der Waals surface area contributed by atoms with Gasteiger partial charge in [0.15, 0.2) is 0 Å². The predicted molar refractivity (Wildman–Crippen MR) is 93.4 cm³/mol. The number of fused-ring (bicyclic) bond motifs is 5. The third-order valence-electron chi connectivity index (χ3n) is 8.73. The van der Waals surface area contributed by atoms with Crippen LogP contribution in [0.4, 0.5) is 0 Å². The summed E-state index contributed by atoms with van der Waals surface area (Å²) in [6, 6.07) is 0. The molecule has 4 aliphatic carbocycles. The highest BCUT2D eigenvalue weighted by Gasteiger charge is 2.77. The van der Waals surface area contributed by atoms with Crippen molar-refractivity contribution in [2.45, 2.75) is 65.6 Å². The van der Waals surface area contributed by atoms with E-state index in [1.54, 1.807) is 7.11 Å². The molecule has 4 aliphatic rings. The largest absolute Gasteiger partial charge is 0.388 e. The summed E-state index contributed by atoms with van der Waals surface area (Å²) in [7, 11) is 1.78. The lowest BCUT2D eigenvalue weighted by Gasteiger charge is -2.59. The zero-order valence-electron chi connectivity index (χ0n) is 15.9. The molecular formula is C21H32O3. The van der Waals surface area contributed by atoms with E-state index in [0.717, 1.165) is 12.8 Å². The highest BCUT2D eigenvalue weighted by Crippen LogP contribution is 2.73. The van der Waals surface area contributed by atoms with Crippen molar-refractivity contribution in [1.29, 1.82) is 0 Å². The summed E-state index contributed by atoms with van der Waals surface area (Å²) in [5.41, 5.74) is -1.98. The lowest BCUT2D eigenvalue weighted by atomic mass is 9.46. The van der Waals surface area contributed by atoms with Crippen molar-refractivity contribution in [3.8, 4) is 0 Å². The highest BCUT2D eigenvalue weighted by atomic mass is 16.5. The smallest absolute Gasteiger partial charge is 0.142 e. The Hall–Kier alpha value is -0.670. The number of carbonyl (C=O) groups excluding carboxylic acids is 1. The molecule has 3 fully saturated rings. The van der Waals surface area contributed by atoms with Crippen LogP contribution in [-0.2, 0) is 9.53 Å². The fourth-order valence-electron chi connectivity index (χ4n) is 7.53. The lowest BCUT2D eigenvalue weighted by Crippen LogP contribution is -2.66. The summed E-state index contributed by atoms with van der Waals surface area (Å²) < 4.78 is 5.81. The van der Waals surface area contributed by atoms with E-state index in [-0.39, 0.29) is 40.5 Å². The van der Waals surface area contributed by atoms with Gasteiger partial charge in [-0.25, -0.2) is 0 Å². The molecule has 134 valence electrons. The van der Waals surface area contributed by atoms with E-state index in [9.17, 15) is 9.90 Å². The lowest BCUT2D eigenvalue weighted by molar-refractivity contribution is -0.204. The van der Waals surface area contributed by atoms with Crippen LogP contribution in [-0.4, -0.2) is 29.7 Å². The minimum Gasteiger partial charge on any atom is -0.388 e. The fourth-order valence-corrected chi connectivity index (χ4v) is 7.53. The third kappa shape index (κ3) is 1.55. The molecule has 4 rings (SSSR count). The molecule has 3 nitrogen and oxygen atoms in total. The molecule has 0 amide bonds. The Morgan fingerprint density at radius 3 is 2.50 bits per heavy atom. The van der Waals surface area contributed by atoms with Gasteiger partial charge >= 0.3 is 0 Å². The minimum absolute atomic E-state index is 0.0373. The van der Waals surface area contributed by atoms with Gasteiger partial charge in [0.25, 0.3) is 0 Å². The van der Waals surface area contributed by atoms with E-state index < -0.39 is 11.0 Å². The van der Waals surface area contributed by atoms with Crippen molar-refractivity contribution in [3.05, 3.63) is 12.2 Å². The van der Waals surface area contributed by atoms with Gasteiger partial charge in [-0.2, -0.15) is 0 Å². The van der Waals surface area contributed by atoms with Gasteiger partial charge in [-0.05, 0) is 48.9 Å². The molecule has 0 aromatic carbocycles. The molecule has 0 heterocycles. The second-order valence-electron chi connectivity index (χ2n) is 10.1. The maximum absolute atomic E-state index is 13.3. The number of methoxy groups -OCH3 is 1. The van der Waals surface area contributed by atoms with Crippen molar-refractivity contribution in [3.63, 3.8) is 0 Å². The molecule has 0 unspecified atom stereocenters. The zero-order chi connectivity index (χ0) is 17.7. The number of rotatable bonds is 1. The number of Topliss-reactive ketones (excluding diaryl/α,β-unsaturated/α-hetero) is 1. The molecule has 0 bridgehead atoms. The molecule has 0 aromatic rings. The van der Waals surface area contributed by atoms with Crippen LogP contribution in [0.1, 0.15) is 53.9 Å². The summed E-state index contributed by atoms with van der Waals surface area (Å²) in [5.74, 6) is 1.33. The molecule has 24 heavy (non-hydrogen) atoms. The normalized spacial score (nSPS) is 57.8. The van der Waals surface area contributed by atoms with Gasteiger partial charge in [-0.3, -0.25) is 4.79 Å². The van der Waals surface area contributed by atoms with Gasteiger partial charge in [-0.1, -0.05) is 39.8 Å². The summed E-state index contributed by atoms with van der Waals surface area (Å²) in [5, 5.41) is 12.3. The molecule has 0 aromatic heterocycles. The number of aliphatic hydroxyl groups is 1. The molecule has 0 radical (unpaired) electrons. The fraction of sp³-hybridized carbons (Fsp3) is 0.857. The van der Waals surface area contributed by atoms with E-state index >= 15 is 0 Å². The first kappa shape index (κ1) is 16.8. The van der Waals surface area contributed by atoms with E-state index in [1.807, 2.05) is 6.92 Å². The van der Waals surface area contributed by atoms with Gasteiger partial charge in [-0.15, -0.1) is 0 Å². The SMILES string of the molecule is CO[C@@H]1[C@H]2C[C@]3(C)C(=O)C[C@H]4C(C)(C)C=C[C@@]4(C)[C@]3(O)[C@H]2C[C@H]1C. The van der Waals surface area contributed by atoms with Crippen LogP contribution >= 0.6 is 0 Å². The Labute approximate surface area is 145 Å². The van der Waals surface area contributed by atoms with Crippen LogP contribution in [0, 0.1) is 39.9 Å². The summed E-state index contributed by atoms with van der Waals surface area (Å²) in [6.07, 6.45) is 6.96. The highest BCUT2D eigenvalue weighted by molar-refractivity contribution is 5.89. The molecule has 8 atom stereocenters. The topological polar surface area (TPSA) is 46.5 Å². The van der Waals surface area contributed by atoms with Crippen molar-refractivity contribution >= 4 is 5.78 Å². The Kier molecular flexibility index (Phi) is 3.17. The van der Waals surface area contributed by atoms with Crippen molar-refractivity contribution in [1.82, 2.24) is 0 Å². The van der Waals surface area contributed by atoms with Crippen molar-refractivity contribution in [2.24, 2.45) is 39.9 Å². The van der Waals surface area contributed by atoms with E-state index in [0.29, 0.717) is 12.3 Å². The Bertz CT molecular complexity index is 623.